The highest BCUT2D eigenvalue weighted by atomic mass is 35.5. The van der Waals surface area contributed by atoms with Crippen molar-refractivity contribution in [2.24, 2.45) is 5.92 Å². The number of piperidine rings is 1. The first-order valence-electron chi connectivity index (χ1n) is 9.33. The Kier molecular flexibility index (Phi) is 5.97. The highest BCUT2D eigenvalue weighted by molar-refractivity contribution is 6.36. The number of benzene rings is 2. The molecule has 1 unspecified atom stereocenters. The molecule has 7 heteroatoms. The Bertz CT molecular complexity index is 924. The fourth-order valence-corrected chi connectivity index (χ4v) is 4.12. The first-order valence-corrected chi connectivity index (χ1v) is 10.1. The normalized spacial score (nSPS) is 17.0. The molecule has 0 aliphatic carbocycles. The van der Waals surface area contributed by atoms with Gasteiger partial charge in [0, 0.05) is 5.02 Å². The van der Waals surface area contributed by atoms with E-state index in [0.717, 1.165) is 31.5 Å². The molecule has 0 amide bonds. The van der Waals surface area contributed by atoms with Gasteiger partial charge in [0.1, 0.15) is 0 Å². The maximum Gasteiger partial charge on any atom is 0.249 e. The van der Waals surface area contributed by atoms with E-state index in [2.05, 4.69) is 15.1 Å². The summed E-state index contributed by atoms with van der Waals surface area (Å²) in [4.78, 5) is 2.27. The molecule has 1 aliphatic heterocycles. The van der Waals surface area contributed by atoms with Gasteiger partial charge in [0.05, 0.1) is 23.2 Å². The van der Waals surface area contributed by atoms with Gasteiger partial charge >= 0.3 is 0 Å². The third kappa shape index (κ3) is 4.39. The number of hydrogen-bond acceptors (Lipinski definition) is 5. The second-order valence-electron chi connectivity index (χ2n) is 7.09. The number of aromatic nitrogens is 2. The Morgan fingerprint density at radius 3 is 2.54 bits per heavy atom. The lowest BCUT2D eigenvalue weighted by Gasteiger charge is -2.33. The molecule has 28 heavy (non-hydrogen) atoms. The maximum atomic E-state index is 10.6. The van der Waals surface area contributed by atoms with Gasteiger partial charge in [0.25, 0.3) is 0 Å². The zero-order valence-corrected chi connectivity index (χ0v) is 16.8. The van der Waals surface area contributed by atoms with Gasteiger partial charge in [-0.2, -0.15) is 0 Å². The quantitative estimate of drug-likeness (QED) is 0.633. The summed E-state index contributed by atoms with van der Waals surface area (Å²) in [6.45, 7) is 2.36. The molecule has 1 aliphatic rings. The van der Waals surface area contributed by atoms with Gasteiger partial charge in [-0.1, -0.05) is 53.5 Å². The molecule has 1 fully saturated rings. The fourth-order valence-electron chi connectivity index (χ4n) is 3.63. The lowest BCUT2D eigenvalue weighted by molar-refractivity contribution is 0.0544. The van der Waals surface area contributed by atoms with Crippen molar-refractivity contribution in [1.29, 1.82) is 0 Å². The highest BCUT2D eigenvalue weighted by Gasteiger charge is 2.27. The maximum absolute atomic E-state index is 10.6. The second-order valence-corrected chi connectivity index (χ2v) is 7.94. The summed E-state index contributed by atoms with van der Waals surface area (Å²) in [5.74, 6) is 1.22. The molecule has 1 saturated heterocycles. The third-order valence-corrected chi connectivity index (χ3v) is 5.75. The first kappa shape index (κ1) is 19.4. The van der Waals surface area contributed by atoms with E-state index in [1.54, 1.807) is 18.2 Å². The molecule has 3 aromatic rings. The van der Waals surface area contributed by atoms with E-state index < -0.39 is 6.10 Å². The van der Waals surface area contributed by atoms with Gasteiger partial charge < -0.3 is 9.52 Å². The molecule has 4 rings (SSSR count). The van der Waals surface area contributed by atoms with E-state index in [-0.39, 0.29) is 5.92 Å². The average molecular weight is 418 g/mol. The Morgan fingerprint density at radius 2 is 1.82 bits per heavy atom. The third-order valence-electron chi connectivity index (χ3n) is 5.21. The Labute approximate surface area is 173 Å². The summed E-state index contributed by atoms with van der Waals surface area (Å²) in [7, 11) is 0. The summed E-state index contributed by atoms with van der Waals surface area (Å²) < 4.78 is 5.80. The molecular formula is C21H21Cl2N3O2. The predicted octanol–water partition coefficient (Wildman–Crippen LogP) is 4.99. The van der Waals surface area contributed by atoms with Crippen LogP contribution in [0.25, 0.3) is 11.5 Å². The van der Waals surface area contributed by atoms with Crippen LogP contribution in [-0.2, 0) is 6.54 Å². The summed E-state index contributed by atoms with van der Waals surface area (Å²) >= 11 is 12.2. The Balaban J connectivity index is 1.35. The van der Waals surface area contributed by atoms with Crippen molar-refractivity contribution in [3.05, 3.63) is 70.0 Å². The van der Waals surface area contributed by atoms with Crippen molar-refractivity contribution >= 4 is 23.2 Å². The molecule has 0 bridgehead atoms. The zero-order valence-electron chi connectivity index (χ0n) is 15.3. The summed E-state index contributed by atoms with van der Waals surface area (Å²) in [6.07, 6.45) is 1.45. The van der Waals surface area contributed by atoms with Crippen LogP contribution in [0.5, 0.6) is 0 Å². The van der Waals surface area contributed by atoms with E-state index >= 15 is 0 Å². The number of nitrogens with zero attached hydrogens (tertiary/aromatic N) is 3. The predicted molar refractivity (Wildman–Crippen MR) is 109 cm³/mol. The number of rotatable bonds is 5. The SMILES string of the molecule is OC(c1ccccc1)C1CCN(Cc2nnc(-c3ccc(Cl)cc3Cl)o2)CC1. The lowest BCUT2D eigenvalue weighted by atomic mass is 9.87. The van der Waals surface area contributed by atoms with Gasteiger partial charge in [-0.05, 0) is 55.6 Å². The molecule has 2 heterocycles. The largest absolute Gasteiger partial charge is 0.419 e. The minimum absolute atomic E-state index is 0.268. The van der Waals surface area contributed by atoms with Crippen molar-refractivity contribution < 1.29 is 9.52 Å². The van der Waals surface area contributed by atoms with Crippen LogP contribution >= 0.6 is 23.2 Å². The van der Waals surface area contributed by atoms with Gasteiger partial charge in [0.2, 0.25) is 11.8 Å². The monoisotopic (exact) mass is 417 g/mol. The zero-order chi connectivity index (χ0) is 19.5. The van der Waals surface area contributed by atoms with Gasteiger partial charge in [-0.3, -0.25) is 4.90 Å². The van der Waals surface area contributed by atoms with Crippen molar-refractivity contribution in [2.45, 2.75) is 25.5 Å². The van der Waals surface area contributed by atoms with Crippen LogP contribution in [0.15, 0.2) is 52.9 Å². The number of hydrogen-bond donors (Lipinski definition) is 1. The van der Waals surface area contributed by atoms with Crippen molar-refractivity contribution in [1.82, 2.24) is 15.1 Å². The van der Waals surface area contributed by atoms with Crippen LogP contribution in [0.3, 0.4) is 0 Å². The average Bonchev–Trinajstić information content (AvgIpc) is 3.17. The minimum Gasteiger partial charge on any atom is -0.419 e. The molecule has 146 valence electrons. The molecule has 5 nitrogen and oxygen atoms in total. The van der Waals surface area contributed by atoms with Gasteiger partial charge in [0.15, 0.2) is 0 Å². The molecule has 1 aromatic heterocycles. The van der Waals surface area contributed by atoms with E-state index in [1.807, 2.05) is 30.3 Å². The van der Waals surface area contributed by atoms with Crippen LogP contribution in [-0.4, -0.2) is 33.3 Å². The summed E-state index contributed by atoms with van der Waals surface area (Å²) in [5.41, 5.74) is 1.66. The van der Waals surface area contributed by atoms with E-state index in [1.165, 1.54) is 0 Å². The van der Waals surface area contributed by atoms with Crippen molar-refractivity contribution in [3.63, 3.8) is 0 Å². The van der Waals surface area contributed by atoms with E-state index in [0.29, 0.717) is 33.9 Å². The molecule has 1 atom stereocenters. The number of halogens is 2. The van der Waals surface area contributed by atoms with Crippen LogP contribution in [0, 0.1) is 5.92 Å². The molecule has 0 spiro atoms. The number of aliphatic hydroxyl groups is 1. The fraction of sp³-hybridized carbons (Fsp3) is 0.333. The van der Waals surface area contributed by atoms with Crippen LogP contribution in [0.1, 0.15) is 30.4 Å². The summed E-state index contributed by atoms with van der Waals surface area (Å²) in [5, 5.41) is 19.9. The minimum atomic E-state index is -0.412. The first-order chi connectivity index (χ1) is 13.6. The van der Waals surface area contributed by atoms with Gasteiger partial charge in [-0.25, -0.2) is 0 Å². The van der Waals surface area contributed by atoms with Crippen LogP contribution in [0.4, 0.5) is 0 Å². The van der Waals surface area contributed by atoms with Crippen LogP contribution in [0.2, 0.25) is 10.0 Å². The Hall–Kier alpha value is -1.92. The van der Waals surface area contributed by atoms with Crippen LogP contribution < -0.4 is 0 Å². The van der Waals surface area contributed by atoms with Gasteiger partial charge in [-0.15, -0.1) is 10.2 Å². The van der Waals surface area contributed by atoms with E-state index in [4.69, 9.17) is 27.6 Å². The second kappa shape index (κ2) is 8.62. The Morgan fingerprint density at radius 1 is 1.07 bits per heavy atom. The molecule has 1 N–H and O–H groups in total. The smallest absolute Gasteiger partial charge is 0.249 e. The standard InChI is InChI=1S/C21H21Cl2N3O2/c22-16-6-7-17(18(23)12-16)21-25-24-19(28-21)13-26-10-8-15(9-11-26)20(27)14-4-2-1-3-5-14/h1-7,12,15,20,27H,8-11,13H2. The lowest BCUT2D eigenvalue weighted by Crippen LogP contribution is -2.35. The molecule has 0 radical (unpaired) electrons. The van der Waals surface area contributed by atoms with Crippen molar-refractivity contribution in [2.75, 3.05) is 13.1 Å². The number of likely N-dealkylation sites (tertiary alicyclic amines) is 1. The molecular weight excluding hydrogens is 397 g/mol. The number of aliphatic hydroxyl groups excluding tert-OH is 1. The highest BCUT2D eigenvalue weighted by Crippen LogP contribution is 2.32. The van der Waals surface area contributed by atoms with Crippen molar-refractivity contribution in [3.8, 4) is 11.5 Å². The van der Waals surface area contributed by atoms with E-state index in [9.17, 15) is 5.11 Å². The molecule has 2 aromatic carbocycles. The topological polar surface area (TPSA) is 62.4 Å². The molecule has 0 saturated carbocycles. The summed E-state index contributed by atoms with van der Waals surface area (Å²) in [6, 6.07) is 15.0.